The summed E-state index contributed by atoms with van der Waals surface area (Å²) in [4.78, 5) is 13.5. The van der Waals surface area contributed by atoms with Crippen LogP contribution in [0, 0.1) is 0 Å². The Bertz CT molecular complexity index is 689. The zero-order chi connectivity index (χ0) is 18.2. The average molecular weight is 343 g/mol. The highest BCUT2D eigenvalue weighted by Crippen LogP contribution is 2.27. The van der Waals surface area contributed by atoms with Crippen LogP contribution in [0.15, 0.2) is 48.5 Å². The summed E-state index contributed by atoms with van der Waals surface area (Å²) in [7, 11) is 5.30. The van der Waals surface area contributed by atoms with Crippen LogP contribution in [0.1, 0.15) is 12.5 Å². The molecule has 0 spiro atoms. The van der Waals surface area contributed by atoms with Gasteiger partial charge in [-0.25, -0.2) is 0 Å². The van der Waals surface area contributed by atoms with Crippen LogP contribution < -0.4 is 19.7 Å². The predicted molar refractivity (Wildman–Crippen MR) is 99.5 cm³/mol. The van der Waals surface area contributed by atoms with Gasteiger partial charge in [-0.3, -0.25) is 4.79 Å². The fourth-order valence-electron chi connectivity index (χ4n) is 2.59. The summed E-state index contributed by atoms with van der Waals surface area (Å²) < 4.78 is 10.6. The fourth-order valence-corrected chi connectivity index (χ4v) is 2.59. The molecule has 0 heterocycles. The van der Waals surface area contributed by atoms with Crippen molar-refractivity contribution in [2.75, 3.05) is 33.1 Å². The number of carbonyl (C=O) groups excluding carboxylic acids is 1. The van der Waals surface area contributed by atoms with E-state index < -0.39 is 0 Å². The monoisotopic (exact) mass is 343 g/mol. The zero-order valence-electron chi connectivity index (χ0n) is 15.3. The lowest BCUT2D eigenvalue weighted by Gasteiger charge is -2.21. The first-order valence-electron chi connectivity index (χ1n) is 8.44. The fraction of sp³-hybridized carbons (Fsp3) is 0.350. The highest BCUT2D eigenvalue weighted by atomic mass is 16.5. The van der Waals surface area contributed by atoms with Crippen LogP contribution in [0.2, 0.25) is 0 Å². The lowest BCUT2D eigenvalue weighted by atomic mass is 10.1. The molecule has 0 saturated carbocycles. The van der Waals surface area contributed by atoms with E-state index in [1.807, 2.05) is 62.5 Å². The van der Waals surface area contributed by atoms with Gasteiger partial charge >= 0.3 is 0 Å². The topological polar surface area (TPSA) is 52.0 Å². The van der Waals surface area contributed by atoms with Gasteiger partial charge in [0.15, 0.2) is 17.5 Å². The largest absolute Gasteiger partial charge is 0.493 e. The molecule has 2 N–H and O–H groups in total. The molecule has 25 heavy (non-hydrogen) atoms. The number of likely N-dealkylation sites (N-methyl/N-ethyl adjacent to an activating group) is 1. The number of amides is 1. The summed E-state index contributed by atoms with van der Waals surface area (Å²) in [5, 5.41) is 2.96. The summed E-state index contributed by atoms with van der Waals surface area (Å²) >= 11 is 0. The summed E-state index contributed by atoms with van der Waals surface area (Å²) in [6.07, 6.45) is 0.856. The molecular weight excluding hydrogens is 316 g/mol. The van der Waals surface area contributed by atoms with Gasteiger partial charge < -0.3 is 19.7 Å². The third kappa shape index (κ3) is 5.22. The van der Waals surface area contributed by atoms with Gasteiger partial charge in [0.05, 0.1) is 27.8 Å². The second-order valence-electron chi connectivity index (χ2n) is 6.11. The Balaban J connectivity index is 1.90. The number of rotatable bonds is 8. The SMILES string of the molecule is COc1ccc(CC[NH+](C)[C@@H](C)C(=O)Nc2ccccc2)cc1OC. The smallest absolute Gasteiger partial charge is 0.282 e. The molecule has 0 bridgehead atoms. The highest BCUT2D eigenvalue weighted by Gasteiger charge is 2.21. The Morgan fingerprint density at radius 1 is 1.08 bits per heavy atom. The Morgan fingerprint density at radius 3 is 2.40 bits per heavy atom. The lowest BCUT2D eigenvalue weighted by Crippen LogP contribution is -3.14. The van der Waals surface area contributed by atoms with Gasteiger partial charge in [-0.05, 0) is 36.8 Å². The quantitative estimate of drug-likeness (QED) is 0.768. The number of hydrogen-bond acceptors (Lipinski definition) is 3. The maximum absolute atomic E-state index is 12.4. The Morgan fingerprint density at radius 2 is 1.76 bits per heavy atom. The van der Waals surface area contributed by atoms with Crippen molar-refractivity contribution in [2.24, 2.45) is 0 Å². The number of anilines is 1. The van der Waals surface area contributed by atoms with Crippen LogP contribution >= 0.6 is 0 Å². The molecule has 2 aromatic rings. The third-order valence-corrected chi connectivity index (χ3v) is 4.43. The van der Waals surface area contributed by atoms with Crippen molar-refractivity contribution in [3.05, 3.63) is 54.1 Å². The van der Waals surface area contributed by atoms with Gasteiger partial charge in [0.1, 0.15) is 0 Å². The van der Waals surface area contributed by atoms with Crippen LogP contribution in [0.4, 0.5) is 5.69 Å². The van der Waals surface area contributed by atoms with E-state index in [2.05, 4.69) is 5.32 Å². The minimum absolute atomic E-state index is 0.0241. The summed E-state index contributed by atoms with van der Waals surface area (Å²) in [5.74, 6) is 1.48. The number of quaternary nitrogens is 1. The lowest BCUT2D eigenvalue weighted by molar-refractivity contribution is -0.893. The first-order valence-corrected chi connectivity index (χ1v) is 8.44. The minimum atomic E-state index is -0.139. The first-order chi connectivity index (χ1) is 12.0. The number of benzene rings is 2. The van der Waals surface area contributed by atoms with Crippen LogP contribution in [0.3, 0.4) is 0 Å². The molecule has 0 aliphatic rings. The summed E-state index contributed by atoms with van der Waals surface area (Å²) in [6.45, 7) is 2.79. The maximum atomic E-state index is 12.4. The number of hydrogen-bond donors (Lipinski definition) is 2. The van der Waals surface area contributed by atoms with Crippen molar-refractivity contribution in [3.63, 3.8) is 0 Å². The van der Waals surface area contributed by atoms with Crippen LogP contribution in [0.5, 0.6) is 11.5 Å². The molecule has 134 valence electrons. The maximum Gasteiger partial charge on any atom is 0.282 e. The van der Waals surface area contributed by atoms with E-state index in [4.69, 9.17) is 9.47 Å². The molecule has 5 heteroatoms. The molecule has 0 fully saturated rings. The van der Waals surface area contributed by atoms with E-state index in [-0.39, 0.29) is 11.9 Å². The van der Waals surface area contributed by atoms with E-state index in [1.54, 1.807) is 14.2 Å². The van der Waals surface area contributed by atoms with Gasteiger partial charge in [0.2, 0.25) is 0 Å². The molecule has 0 radical (unpaired) electrons. The second-order valence-corrected chi connectivity index (χ2v) is 6.11. The first kappa shape index (κ1) is 18.8. The van der Waals surface area contributed by atoms with Crippen molar-refractivity contribution in [1.29, 1.82) is 0 Å². The van der Waals surface area contributed by atoms with Gasteiger partial charge in [-0.1, -0.05) is 24.3 Å². The number of carbonyl (C=O) groups is 1. The predicted octanol–water partition coefficient (Wildman–Crippen LogP) is 1.79. The Kier molecular flexibility index (Phi) is 6.83. The average Bonchev–Trinajstić information content (AvgIpc) is 2.65. The molecule has 0 saturated heterocycles. The normalized spacial score (nSPS) is 13.0. The van der Waals surface area contributed by atoms with Gasteiger partial charge in [0, 0.05) is 12.1 Å². The summed E-state index contributed by atoms with van der Waals surface area (Å²) in [5.41, 5.74) is 1.99. The van der Waals surface area contributed by atoms with E-state index in [1.165, 1.54) is 0 Å². The number of para-hydroxylation sites is 1. The molecule has 0 aliphatic heterocycles. The van der Waals surface area contributed by atoms with E-state index in [9.17, 15) is 4.79 Å². The molecular formula is C20H27N2O3+. The van der Waals surface area contributed by atoms with E-state index in [0.717, 1.165) is 40.6 Å². The van der Waals surface area contributed by atoms with Crippen LogP contribution in [0.25, 0.3) is 0 Å². The molecule has 2 rings (SSSR count). The van der Waals surface area contributed by atoms with Crippen molar-refractivity contribution < 1.29 is 19.2 Å². The molecule has 5 nitrogen and oxygen atoms in total. The summed E-state index contributed by atoms with van der Waals surface area (Å²) in [6, 6.07) is 15.3. The number of methoxy groups -OCH3 is 2. The molecule has 2 aromatic carbocycles. The van der Waals surface area contributed by atoms with Crippen molar-refractivity contribution in [1.82, 2.24) is 0 Å². The Labute approximate surface area is 149 Å². The zero-order valence-corrected chi connectivity index (χ0v) is 15.3. The standard InChI is InChI=1S/C20H26N2O3/c1-15(20(23)21-17-8-6-5-7-9-17)22(2)13-12-16-10-11-18(24-3)19(14-16)25-4/h5-11,14-15H,12-13H2,1-4H3,(H,21,23)/p+1/t15-/m0/s1. The van der Waals surface area contributed by atoms with E-state index in [0.29, 0.717) is 0 Å². The third-order valence-electron chi connectivity index (χ3n) is 4.43. The number of nitrogens with one attached hydrogen (secondary N) is 2. The van der Waals surface area contributed by atoms with Crippen molar-refractivity contribution in [2.45, 2.75) is 19.4 Å². The molecule has 1 unspecified atom stereocenters. The molecule has 2 atom stereocenters. The Hall–Kier alpha value is -2.53. The van der Waals surface area contributed by atoms with Gasteiger partial charge in [-0.15, -0.1) is 0 Å². The van der Waals surface area contributed by atoms with Crippen molar-refractivity contribution in [3.8, 4) is 11.5 Å². The number of ether oxygens (including phenoxy) is 2. The second kappa shape index (κ2) is 9.08. The molecule has 0 aliphatic carbocycles. The van der Waals surface area contributed by atoms with Crippen LogP contribution in [-0.2, 0) is 11.2 Å². The van der Waals surface area contributed by atoms with Crippen LogP contribution in [-0.4, -0.2) is 39.8 Å². The molecule has 0 aromatic heterocycles. The molecule has 1 amide bonds. The van der Waals surface area contributed by atoms with Gasteiger partial charge in [-0.2, -0.15) is 0 Å². The van der Waals surface area contributed by atoms with Crippen molar-refractivity contribution >= 4 is 11.6 Å². The highest BCUT2D eigenvalue weighted by molar-refractivity contribution is 5.93. The van der Waals surface area contributed by atoms with Gasteiger partial charge in [0.25, 0.3) is 5.91 Å². The van der Waals surface area contributed by atoms with E-state index >= 15 is 0 Å². The minimum Gasteiger partial charge on any atom is -0.493 e.